The SMILES string of the molecule is CC(CN)c1cc(Cl)cc(C(F)(F)F)c1. The van der Waals surface area contributed by atoms with E-state index in [1.165, 1.54) is 6.07 Å². The Morgan fingerprint density at radius 1 is 1.33 bits per heavy atom. The van der Waals surface area contributed by atoms with Crippen LogP contribution in [0.4, 0.5) is 13.2 Å². The van der Waals surface area contributed by atoms with Crippen molar-refractivity contribution in [3.8, 4) is 0 Å². The zero-order valence-corrected chi connectivity index (χ0v) is 8.86. The van der Waals surface area contributed by atoms with E-state index in [4.69, 9.17) is 17.3 Å². The van der Waals surface area contributed by atoms with Gasteiger partial charge in [0, 0.05) is 5.02 Å². The van der Waals surface area contributed by atoms with Crippen molar-refractivity contribution >= 4 is 11.6 Å². The van der Waals surface area contributed by atoms with Crippen LogP contribution >= 0.6 is 11.6 Å². The summed E-state index contributed by atoms with van der Waals surface area (Å²) in [5.74, 6) is -0.134. The molecule has 2 N–H and O–H groups in total. The fraction of sp³-hybridized carbons (Fsp3) is 0.400. The lowest BCUT2D eigenvalue weighted by Gasteiger charge is -2.13. The second kappa shape index (κ2) is 4.41. The van der Waals surface area contributed by atoms with Gasteiger partial charge in [0.25, 0.3) is 0 Å². The molecule has 0 aromatic heterocycles. The Kier molecular flexibility index (Phi) is 3.62. The van der Waals surface area contributed by atoms with Gasteiger partial charge in [-0.15, -0.1) is 0 Å². The average Bonchev–Trinajstić information content (AvgIpc) is 2.14. The standard InChI is InChI=1S/C10H11ClF3N/c1-6(5-15)7-2-8(10(12,13)14)4-9(11)3-7/h2-4,6H,5,15H2,1H3. The van der Waals surface area contributed by atoms with Crippen LogP contribution < -0.4 is 5.73 Å². The van der Waals surface area contributed by atoms with Crippen LogP contribution in [0.2, 0.25) is 5.02 Å². The van der Waals surface area contributed by atoms with E-state index in [0.29, 0.717) is 5.56 Å². The van der Waals surface area contributed by atoms with Crippen molar-refractivity contribution in [1.82, 2.24) is 0 Å². The normalized spacial score (nSPS) is 14.0. The molecule has 15 heavy (non-hydrogen) atoms. The third-order valence-electron chi connectivity index (χ3n) is 2.17. The number of halogens is 4. The summed E-state index contributed by atoms with van der Waals surface area (Å²) < 4.78 is 37.3. The van der Waals surface area contributed by atoms with E-state index in [1.54, 1.807) is 6.92 Å². The first kappa shape index (κ1) is 12.3. The molecule has 1 rings (SSSR count). The second-order valence-corrected chi connectivity index (χ2v) is 3.84. The molecule has 0 fully saturated rings. The maximum atomic E-state index is 12.4. The Labute approximate surface area is 91.0 Å². The summed E-state index contributed by atoms with van der Waals surface area (Å²) in [6.07, 6.45) is -4.37. The van der Waals surface area contributed by atoms with Gasteiger partial charge in [0.1, 0.15) is 0 Å². The summed E-state index contributed by atoms with van der Waals surface area (Å²) in [5.41, 5.74) is 5.17. The molecule has 1 atom stereocenters. The highest BCUT2D eigenvalue weighted by Gasteiger charge is 2.31. The number of rotatable bonds is 2. The molecule has 0 saturated heterocycles. The molecule has 0 aliphatic heterocycles. The van der Waals surface area contributed by atoms with Crippen LogP contribution in [0, 0.1) is 0 Å². The van der Waals surface area contributed by atoms with Gasteiger partial charge in [-0.05, 0) is 36.2 Å². The van der Waals surface area contributed by atoms with Crippen LogP contribution in [0.3, 0.4) is 0 Å². The molecule has 0 aliphatic rings. The molecule has 1 unspecified atom stereocenters. The first-order valence-corrected chi connectivity index (χ1v) is 4.80. The third kappa shape index (κ3) is 3.11. The van der Waals surface area contributed by atoms with Crippen LogP contribution in [0.5, 0.6) is 0 Å². The van der Waals surface area contributed by atoms with E-state index in [9.17, 15) is 13.2 Å². The fourth-order valence-corrected chi connectivity index (χ4v) is 1.44. The molecular formula is C10H11ClF3N. The van der Waals surface area contributed by atoms with Crippen molar-refractivity contribution in [1.29, 1.82) is 0 Å². The summed E-state index contributed by atoms with van der Waals surface area (Å²) in [7, 11) is 0. The van der Waals surface area contributed by atoms with Crippen LogP contribution in [0.25, 0.3) is 0 Å². The van der Waals surface area contributed by atoms with Gasteiger partial charge in [0.15, 0.2) is 0 Å². The molecule has 5 heteroatoms. The maximum absolute atomic E-state index is 12.4. The number of nitrogens with two attached hydrogens (primary N) is 1. The summed E-state index contributed by atoms with van der Waals surface area (Å²) in [5, 5.41) is 0.0834. The Hall–Kier alpha value is -0.740. The third-order valence-corrected chi connectivity index (χ3v) is 2.39. The predicted octanol–water partition coefficient (Wildman–Crippen LogP) is 3.42. The van der Waals surface area contributed by atoms with Crippen molar-refractivity contribution in [2.24, 2.45) is 5.73 Å². The van der Waals surface area contributed by atoms with Gasteiger partial charge in [-0.3, -0.25) is 0 Å². The quantitative estimate of drug-likeness (QED) is 0.838. The minimum absolute atomic E-state index is 0.0834. The van der Waals surface area contributed by atoms with Gasteiger partial charge in [-0.2, -0.15) is 13.2 Å². The molecular weight excluding hydrogens is 227 g/mol. The minimum Gasteiger partial charge on any atom is -0.330 e. The molecule has 1 nitrogen and oxygen atoms in total. The largest absolute Gasteiger partial charge is 0.416 e. The first-order chi connectivity index (χ1) is 6.84. The zero-order valence-electron chi connectivity index (χ0n) is 8.11. The number of alkyl halides is 3. The van der Waals surface area contributed by atoms with Crippen molar-refractivity contribution in [3.05, 3.63) is 34.3 Å². The minimum atomic E-state index is -4.37. The number of hydrogen-bond acceptors (Lipinski definition) is 1. The Bertz CT molecular complexity index is 349. The topological polar surface area (TPSA) is 26.0 Å². The van der Waals surface area contributed by atoms with Gasteiger partial charge in [0.2, 0.25) is 0 Å². The lowest BCUT2D eigenvalue weighted by atomic mass is 9.99. The van der Waals surface area contributed by atoms with E-state index >= 15 is 0 Å². The van der Waals surface area contributed by atoms with Crippen LogP contribution in [0.1, 0.15) is 24.0 Å². The lowest BCUT2D eigenvalue weighted by molar-refractivity contribution is -0.137. The van der Waals surface area contributed by atoms with E-state index < -0.39 is 11.7 Å². The molecule has 84 valence electrons. The van der Waals surface area contributed by atoms with Crippen LogP contribution in [-0.4, -0.2) is 6.54 Å². The first-order valence-electron chi connectivity index (χ1n) is 4.42. The van der Waals surface area contributed by atoms with E-state index in [2.05, 4.69) is 0 Å². The molecule has 0 bridgehead atoms. The van der Waals surface area contributed by atoms with Crippen LogP contribution in [-0.2, 0) is 6.18 Å². The summed E-state index contributed by atoms with van der Waals surface area (Å²) in [6, 6.07) is 3.51. The Balaban J connectivity index is 3.17. The predicted molar refractivity (Wildman–Crippen MR) is 53.9 cm³/mol. The zero-order chi connectivity index (χ0) is 11.6. The molecule has 1 aromatic rings. The lowest BCUT2D eigenvalue weighted by Crippen LogP contribution is -2.11. The molecule has 0 saturated carbocycles. The molecule has 0 radical (unpaired) electrons. The van der Waals surface area contributed by atoms with Crippen LogP contribution in [0.15, 0.2) is 18.2 Å². The van der Waals surface area contributed by atoms with Gasteiger partial charge in [0.05, 0.1) is 5.56 Å². The highest BCUT2D eigenvalue weighted by atomic mass is 35.5. The van der Waals surface area contributed by atoms with Gasteiger partial charge >= 0.3 is 6.18 Å². The smallest absolute Gasteiger partial charge is 0.330 e. The van der Waals surface area contributed by atoms with E-state index in [1.807, 2.05) is 0 Å². The monoisotopic (exact) mass is 237 g/mol. The fourth-order valence-electron chi connectivity index (χ4n) is 1.20. The molecule has 0 spiro atoms. The summed E-state index contributed by atoms with van der Waals surface area (Å²) >= 11 is 5.62. The van der Waals surface area contributed by atoms with Crippen molar-refractivity contribution < 1.29 is 13.2 Å². The second-order valence-electron chi connectivity index (χ2n) is 3.41. The van der Waals surface area contributed by atoms with Gasteiger partial charge in [-0.1, -0.05) is 18.5 Å². The van der Waals surface area contributed by atoms with Gasteiger partial charge < -0.3 is 5.73 Å². The van der Waals surface area contributed by atoms with E-state index in [-0.39, 0.29) is 17.5 Å². The highest BCUT2D eigenvalue weighted by Crippen LogP contribution is 2.33. The Morgan fingerprint density at radius 3 is 2.40 bits per heavy atom. The highest BCUT2D eigenvalue weighted by molar-refractivity contribution is 6.30. The average molecular weight is 238 g/mol. The molecule has 0 heterocycles. The Morgan fingerprint density at radius 2 is 1.93 bits per heavy atom. The summed E-state index contributed by atoms with van der Waals surface area (Å²) in [4.78, 5) is 0. The van der Waals surface area contributed by atoms with Gasteiger partial charge in [-0.25, -0.2) is 0 Å². The van der Waals surface area contributed by atoms with E-state index in [0.717, 1.165) is 12.1 Å². The molecule has 0 amide bonds. The maximum Gasteiger partial charge on any atom is 0.416 e. The molecule has 1 aromatic carbocycles. The number of benzene rings is 1. The van der Waals surface area contributed by atoms with Crippen molar-refractivity contribution in [2.45, 2.75) is 19.0 Å². The van der Waals surface area contributed by atoms with Crippen molar-refractivity contribution in [3.63, 3.8) is 0 Å². The summed E-state index contributed by atoms with van der Waals surface area (Å²) in [6.45, 7) is 2.05. The molecule has 0 aliphatic carbocycles. The number of hydrogen-bond donors (Lipinski definition) is 1. The van der Waals surface area contributed by atoms with Crippen molar-refractivity contribution in [2.75, 3.05) is 6.54 Å².